The van der Waals surface area contributed by atoms with E-state index in [1.807, 2.05) is 6.08 Å². The van der Waals surface area contributed by atoms with E-state index in [1.165, 1.54) is 19.3 Å². The van der Waals surface area contributed by atoms with Gasteiger partial charge in [-0.15, -0.1) is 0 Å². The number of hydrogen-bond donors (Lipinski definition) is 6. The van der Waals surface area contributed by atoms with E-state index in [0.717, 1.165) is 57.8 Å². The molecule has 0 spiro atoms. The number of unbranched alkanes of at least 4 members (excludes halogenated alkanes) is 8. The molecule has 7 unspecified atom stereocenters. The molecule has 1 saturated heterocycles. The minimum atomic E-state index is -1.57. The number of aliphatic hydroxyl groups is 5. The number of ether oxygens (including phenoxy) is 2. The van der Waals surface area contributed by atoms with Crippen molar-refractivity contribution in [3.05, 3.63) is 48.6 Å². The van der Waals surface area contributed by atoms with E-state index in [2.05, 4.69) is 55.6 Å². The van der Waals surface area contributed by atoms with E-state index < -0.39 is 49.5 Å². The molecule has 7 atom stereocenters. The standard InChI is InChI=1S/C34H59NO8/c1-3-5-7-9-11-12-13-14-15-16-18-20-22-24-30(38)35-27(28(37)23-21-19-17-10-8-6-4-2)26-42-34-33(41)32(40)31(39)29(25-36)43-34/h5,7,11-12,14-15,21,23,27-29,31-34,36-37,39-41H,3-4,6,8-10,13,16-20,22,24-26H2,1-2H3,(H,35,38)/b7-5-,12-11-,15-14-,23-21+. The molecule has 0 aromatic heterocycles. The van der Waals surface area contributed by atoms with Crippen molar-refractivity contribution >= 4 is 5.91 Å². The van der Waals surface area contributed by atoms with Gasteiger partial charge in [-0.25, -0.2) is 0 Å². The first kappa shape index (κ1) is 39.2. The highest BCUT2D eigenvalue weighted by Crippen LogP contribution is 2.22. The van der Waals surface area contributed by atoms with Crippen LogP contribution in [0.1, 0.15) is 104 Å². The van der Waals surface area contributed by atoms with E-state index in [0.29, 0.717) is 12.8 Å². The summed E-state index contributed by atoms with van der Waals surface area (Å²) in [6.45, 7) is 3.52. The van der Waals surface area contributed by atoms with Crippen LogP contribution < -0.4 is 5.32 Å². The van der Waals surface area contributed by atoms with Gasteiger partial charge < -0.3 is 40.3 Å². The summed E-state index contributed by atoms with van der Waals surface area (Å²) in [5.74, 6) is -0.216. The molecule has 0 saturated carbocycles. The molecule has 9 nitrogen and oxygen atoms in total. The first-order valence-corrected chi connectivity index (χ1v) is 16.4. The van der Waals surface area contributed by atoms with Crippen molar-refractivity contribution in [2.75, 3.05) is 13.2 Å². The van der Waals surface area contributed by atoms with Crippen molar-refractivity contribution in [3.8, 4) is 0 Å². The monoisotopic (exact) mass is 609 g/mol. The number of hydrogen-bond acceptors (Lipinski definition) is 8. The molecule has 6 N–H and O–H groups in total. The Morgan fingerprint density at radius 1 is 0.814 bits per heavy atom. The van der Waals surface area contributed by atoms with Crippen molar-refractivity contribution in [2.45, 2.75) is 147 Å². The number of amides is 1. The molecule has 9 heteroatoms. The lowest BCUT2D eigenvalue weighted by molar-refractivity contribution is -0.302. The molecule has 1 aliphatic heterocycles. The van der Waals surface area contributed by atoms with Gasteiger partial charge in [-0.3, -0.25) is 4.79 Å². The third-order valence-corrected chi connectivity index (χ3v) is 7.41. The summed E-state index contributed by atoms with van der Waals surface area (Å²) in [6.07, 6.45) is 21.8. The van der Waals surface area contributed by atoms with Gasteiger partial charge in [0.1, 0.15) is 24.4 Å². The van der Waals surface area contributed by atoms with Gasteiger partial charge in [-0.1, -0.05) is 94.6 Å². The lowest BCUT2D eigenvalue weighted by Gasteiger charge is -2.40. The maximum atomic E-state index is 12.7. The Balaban J connectivity index is 2.53. The summed E-state index contributed by atoms with van der Waals surface area (Å²) in [5, 5.41) is 53.4. The Hall–Kier alpha value is -1.85. The van der Waals surface area contributed by atoms with E-state index in [-0.39, 0.29) is 12.5 Å². The minimum Gasteiger partial charge on any atom is -0.394 e. The highest BCUT2D eigenvalue weighted by molar-refractivity contribution is 5.76. The lowest BCUT2D eigenvalue weighted by atomic mass is 9.99. The zero-order valence-electron chi connectivity index (χ0n) is 26.4. The van der Waals surface area contributed by atoms with Crippen LogP contribution in [0.3, 0.4) is 0 Å². The normalized spacial score (nSPS) is 24.5. The molecule has 1 rings (SSSR count). The fourth-order valence-electron chi connectivity index (χ4n) is 4.69. The summed E-state index contributed by atoms with van der Waals surface area (Å²) in [6, 6.07) is -0.815. The zero-order chi connectivity index (χ0) is 31.7. The number of carbonyl (C=O) groups is 1. The molecule has 0 bridgehead atoms. The third-order valence-electron chi connectivity index (χ3n) is 7.41. The predicted molar refractivity (Wildman–Crippen MR) is 170 cm³/mol. The summed E-state index contributed by atoms with van der Waals surface area (Å²) in [4.78, 5) is 12.7. The molecule has 1 aliphatic rings. The second kappa shape index (κ2) is 25.5. The zero-order valence-corrected chi connectivity index (χ0v) is 26.4. The van der Waals surface area contributed by atoms with Gasteiger partial charge in [0.05, 0.1) is 25.4 Å². The van der Waals surface area contributed by atoms with Crippen molar-refractivity contribution in [1.82, 2.24) is 5.32 Å². The van der Waals surface area contributed by atoms with Crippen molar-refractivity contribution < 1.29 is 39.8 Å². The predicted octanol–water partition coefficient (Wildman–Crippen LogP) is 4.37. The van der Waals surface area contributed by atoms with Crippen LogP contribution in [0, 0.1) is 0 Å². The van der Waals surface area contributed by atoms with Crippen molar-refractivity contribution in [2.24, 2.45) is 0 Å². The molecular weight excluding hydrogens is 550 g/mol. The minimum absolute atomic E-state index is 0.204. The van der Waals surface area contributed by atoms with E-state index in [1.54, 1.807) is 6.08 Å². The Kier molecular flexibility index (Phi) is 23.2. The molecule has 43 heavy (non-hydrogen) atoms. The van der Waals surface area contributed by atoms with Crippen LogP contribution in [0.4, 0.5) is 0 Å². The third kappa shape index (κ3) is 17.9. The fourth-order valence-corrected chi connectivity index (χ4v) is 4.69. The van der Waals surface area contributed by atoms with Crippen LogP contribution >= 0.6 is 0 Å². The maximum absolute atomic E-state index is 12.7. The highest BCUT2D eigenvalue weighted by Gasteiger charge is 2.44. The van der Waals surface area contributed by atoms with Crippen LogP contribution in [0.15, 0.2) is 48.6 Å². The molecule has 248 valence electrons. The molecule has 1 amide bonds. The molecule has 1 fully saturated rings. The fraction of sp³-hybridized carbons (Fsp3) is 0.735. The topological polar surface area (TPSA) is 149 Å². The molecule has 1 heterocycles. The second-order valence-electron chi connectivity index (χ2n) is 11.2. The van der Waals surface area contributed by atoms with E-state index >= 15 is 0 Å². The van der Waals surface area contributed by atoms with Gasteiger partial charge in [0.25, 0.3) is 0 Å². The average Bonchev–Trinajstić information content (AvgIpc) is 3.00. The van der Waals surface area contributed by atoms with Crippen LogP contribution in [-0.4, -0.2) is 87.5 Å². The van der Waals surface area contributed by atoms with E-state index in [9.17, 15) is 30.3 Å². The Morgan fingerprint density at radius 2 is 1.44 bits per heavy atom. The SMILES string of the molecule is CC/C=C\C/C=C\C/C=C\CCCCCC(=O)NC(COC1OC(CO)C(O)C(O)C1O)C(O)/C=C/CCCCCCC. The quantitative estimate of drug-likeness (QED) is 0.0698. The van der Waals surface area contributed by atoms with Gasteiger partial charge >= 0.3 is 0 Å². The number of allylic oxidation sites excluding steroid dienone is 7. The molecule has 0 aliphatic carbocycles. The number of rotatable bonds is 24. The van der Waals surface area contributed by atoms with Crippen LogP contribution in [-0.2, 0) is 14.3 Å². The average molecular weight is 610 g/mol. The lowest BCUT2D eigenvalue weighted by Crippen LogP contribution is -2.60. The first-order chi connectivity index (χ1) is 20.8. The summed E-state index contributed by atoms with van der Waals surface area (Å²) in [7, 11) is 0. The van der Waals surface area contributed by atoms with Crippen molar-refractivity contribution in [1.29, 1.82) is 0 Å². The molecule has 0 aromatic carbocycles. The van der Waals surface area contributed by atoms with E-state index in [4.69, 9.17) is 9.47 Å². The van der Waals surface area contributed by atoms with Gasteiger partial charge in [-0.05, 0) is 51.4 Å². The van der Waals surface area contributed by atoms with Crippen LogP contribution in [0.5, 0.6) is 0 Å². The van der Waals surface area contributed by atoms with Gasteiger partial charge in [-0.2, -0.15) is 0 Å². The summed E-state index contributed by atoms with van der Waals surface area (Å²) in [5.41, 5.74) is 0. The van der Waals surface area contributed by atoms with Gasteiger partial charge in [0, 0.05) is 6.42 Å². The largest absolute Gasteiger partial charge is 0.394 e. The Morgan fingerprint density at radius 3 is 2.12 bits per heavy atom. The Labute approximate surface area is 259 Å². The summed E-state index contributed by atoms with van der Waals surface area (Å²) >= 11 is 0. The highest BCUT2D eigenvalue weighted by atomic mass is 16.7. The van der Waals surface area contributed by atoms with Crippen LogP contribution in [0.2, 0.25) is 0 Å². The molecule has 0 aromatic rings. The van der Waals surface area contributed by atoms with Crippen molar-refractivity contribution in [3.63, 3.8) is 0 Å². The van der Waals surface area contributed by atoms with Crippen LogP contribution in [0.25, 0.3) is 0 Å². The number of carbonyl (C=O) groups excluding carboxylic acids is 1. The summed E-state index contributed by atoms with van der Waals surface area (Å²) < 4.78 is 11.1. The smallest absolute Gasteiger partial charge is 0.220 e. The van der Waals surface area contributed by atoms with Gasteiger partial charge in [0.2, 0.25) is 5.91 Å². The Bertz CT molecular complexity index is 812. The molecular formula is C34H59NO8. The first-order valence-electron chi connectivity index (χ1n) is 16.4. The number of aliphatic hydroxyl groups excluding tert-OH is 5. The number of nitrogens with one attached hydrogen (secondary N) is 1. The van der Waals surface area contributed by atoms with Gasteiger partial charge in [0.15, 0.2) is 6.29 Å². The second-order valence-corrected chi connectivity index (χ2v) is 11.2. The maximum Gasteiger partial charge on any atom is 0.220 e. The molecule has 0 radical (unpaired) electrons.